The van der Waals surface area contributed by atoms with Gasteiger partial charge in [-0.2, -0.15) is 4.98 Å². The number of alkyl carbamates (subject to hydrolysis) is 1. The van der Waals surface area contributed by atoms with Gasteiger partial charge in [0.1, 0.15) is 36.6 Å². The average molecular weight is 770 g/mol. The Balaban J connectivity index is 1.69. The molecule has 2 fully saturated rings. The number of hydrogen-bond donors (Lipinski definition) is 7. The predicted octanol–water partition coefficient (Wildman–Crippen LogP) is -5.39. The Bertz CT molecular complexity index is 1470. The Morgan fingerprint density at radius 1 is 1.15 bits per heavy atom. The first-order chi connectivity index (χ1) is 24.4. The molecule has 0 aromatic carbocycles. The number of nitrogens with one attached hydrogen (secondary N) is 1. The van der Waals surface area contributed by atoms with Gasteiger partial charge in [0.2, 0.25) is 0 Å². The van der Waals surface area contributed by atoms with Crippen LogP contribution in [0.4, 0.5) is 4.79 Å². The SMILES string of the molecule is COCCOCCOC(=O)NCC(=O)CC1C(O)CC(OP(=O)([O-])OCC2OC(n3ccc(C)nc3=O)[C@H](O)[C@@H]2O)(C(=O)[O-])CC1[C@H](O)[C@H](O)CO. The van der Waals surface area contributed by atoms with Crippen molar-refractivity contribution in [1.82, 2.24) is 14.9 Å². The van der Waals surface area contributed by atoms with E-state index in [2.05, 4.69) is 10.3 Å². The lowest BCUT2D eigenvalue weighted by Crippen LogP contribution is -2.61. The number of aliphatic hydroxyl groups excluding tert-OH is 6. The summed E-state index contributed by atoms with van der Waals surface area (Å²) < 4.78 is 43.8. The van der Waals surface area contributed by atoms with E-state index in [1.807, 2.05) is 0 Å². The van der Waals surface area contributed by atoms with Crippen LogP contribution in [0.15, 0.2) is 17.1 Å². The summed E-state index contributed by atoms with van der Waals surface area (Å²) in [6.07, 6.45) is -15.0. The number of methoxy groups -OCH3 is 1. The van der Waals surface area contributed by atoms with Crippen LogP contribution in [-0.4, -0.2) is 154 Å². The van der Waals surface area contributed by atoms with Gasteiger partial charge in [0.05, 0.1) is 57.8 Å². The smallest absolute Gasteiger partial charge is 0.407 e. The zero-order valence-electron chi connectivity index (χ0n) is 28.3. The van der Waals surface area contributed by atoms with Crippen LogP contribution >= 0.6 is 7.82 Å². The maximum Gasteiger partial charge on any atom is 0.407 e. The molecular formula is C29H44N3O19P-2. The summed E-state index contributed by atoms with van der Waals surface area (Å²) in [5, 5.41) is 77.0. The maximum absolute atomic E-state index is 13.0. The van der Waals surface area contributed by atoms with Crippen LogP contribution in [0.3, 0.4) is 0 Å². The normalized spacial score (nSPS) is 29.9. The Hall–Kier alpha value is -2.96. The third-order valence-corrected chi connectivity index (χ3v) is 9.63. The number of Topliss-reactive ketones (excluding diaryl/α,β-unsaturated/α-hetero) is 1. The Labute approximate surface area is 296 Å². The number of carbonyl (C=O) groups is 3. The fraction of sp³-hybridized carbons (Fsp3) is 0.759. The van der Waals surface area contributed by atoms with E-state index in [9.17, 15) is 64.4 Å². The molecule has 0 spiro atoms. The molecular weight excluding hydrogens is 725 g/mol. The van der Waals surface area contributed by atoms with E-state index >= 15 is 0 Å². The van der Waals surface area contributed by atoms with Crippen LogP contribution in [-0.2, 0) is 42.1 Å². The van der Waals surface area contributed by atoms with Gasteiger partial charge in [-0.25, -0.2) is 9.59 Å². The van der Waals surface area contributed by atoms with Gasteiger partial charge in [-0.15, -0.1) is 0 Å². The highest BCUT2D eigenvalue weighted by Gasteiger charge is 2.53. The van der Waals surface area contributed by atoms with Crippen LogP contribution in [0.5, 0.6) is 0 Å². The number of aliphatic hydroxyl groups is 6. The molecule has 2 heterocycles. The zero-order chi connectivity index (χ0) is 38.8. The van der Waals surface area contributed by atoms with Crippen molar-refractivity contribution in [2.45, 2.75) is 74.6 Å². The lowest BCUT2D eigenvalue weighted by molar-refractivity contribution is -0.334. The number of carboxylic acid groups (broad SMARTS) is 1. The summed E-state index contributed by atoms with van der Waals surface area (Å²) in [4.78, 5) is 66.1. The predicted molar refractivity (Wildman–Crippen MR) is 165 cm³/mol. The number of aromatic nitrogens is 2. The molecule has 2 aliphatic rings. The van der Waals surface area contributed by atoms with Crippen LogP contribution in [0.1, 0.15) is 31.2 Å². The van der Waals surface area contributed by atoms with Gasteiger partial charge in [-0.1, -0.05) is 0 Å². The number of carbonyl (C=O) groups excluding carboxylic acids is 3. The molecule has 7 N–H and O–H groups in total. The average Bonchev–Trinajstić information content (AvgIpc) is 3.36. The van der Waals surface area contributed by atoms with Crippen molar-refractivity contribution < 1.29 is 87.6 Å². The summed E-state index contributed by atoms with van der Waals surface area (Å²) in [5.74, 6) is -5.92. The highest BCUT2D eigenvalue weighted by molar-refractivity contribution is 7.46. The summed E-state index contributed by atoms with van der Waals surface area (Å²) in [6, 6.07) is 1.41. The van der Waals surface area contributed by atoms with Gasteiger partial charge in [0.25, 0.3) is 7.82 Å². The number of ketones is 1. The standard InChI is InChI=1S/C29H46N3O19P/c1-15-3-4-32(27(42)31-15)25-24(39)23(38)21(50-25)14-49-52(44,45)51-29(26(40)41)10-18(22(37)20(36)13-33)17(19(35)11-29)9-16(34)12-30-28(43)48-8-7-47-6-5-46-2/h3-4,17-25,33,35-39H,5-14H2,1-2H3,(H,30,43)(H,40,41)(H,44,45)/p-2/t17?,18?,19?,20-,21?,22+,23-,24-,25?,29?/m1/s1. The van der Waals surface area contributed by atoms with Crippen molar-refractivity contribution >= 4 is 25.7 Å². The van der Waals surface area contributed by atoms with E-state index < -0.39 is 131 Å². The number of amides is 1. The van der Waals surface area contributed by atoms with E-state index in [1.165, 1.54) is 26.3 Å². The highest BCUT2D eigenvalue weighted by Crippen LogP contribution is 2.51. The van der Waals surface area contributed by atoms with Crippen LogP contribution in [0, 0.1) is 18.8 Å². The number of carboxylic acids is 1. The minimum Gasteiger partial charge on any atom is -0.756 e. The number of ether oxygens (including phenoxy) is 4. The quantitative estimate of drug-likeness (QED) is 0.0481. The Kier molecular flexibility index (Phi) is 16.2. The molecule has 11 atom stereocenters. The van der Waals surface area contributed by atoms with Crippen molar-refractivity contribution in [2.24, 2.45) is 11.8 Å². The summed E-state index contributed by atoms with van der Waals surface area (Å²) in [5.41, 5.74) is -3.46. The number of nitrogens with zero attached hydrogens (tertiary/aromatic N) is 2. The summed E-state index contributed by atoms with van der Waals surface area (Å²) >= 11 is 0. The molecule has 23 heteroatoms. The second-order valence-electron chi connectivity index (χ2n) is 12.3. The molecule has 3 rings (SSSR count). The molecule has 0 bridgehead atoms. The van der Waals surface area contributed by atoms with Gasteiger partial charge in [-0.3, -0.25) is 13.9 Å². The lowest BCUT2D eigenvalue weighted by Gasteiger charge is -2.50. The Morgan fingerprint density at radius 2 is 1.85 bits per heavy atom. The molecule has 1 saturated heterocycles. The Morgan fingerprint density at radius 3 is 2.48 bits per heavy atom. The second kappa shape index (κ2) is 19.4. The summed E-state index contributed by atoms with van der Waals surface area (Å²) in [6.45, 7) is -0.745. The number of aliphatic carboxylic acids is 1. The lowest BCUT2D eigenvalue weighted by atomic mass is 9.65. The van der Waals surface area contributed by atoms with Gasteiger partial charge < -0.3 is 78.7 Å². The van der Waals surface area contributed by atoms with Crippen molar-refractivity contribution in [2.75, 3.05) is 53.3 Å². The van der Waals surface area contributed by atoms with Gasteiger partial charge in [-0.05, 0) is 31.2 Å². The first-order valence-corrected chi connectivity index (χ1v) is 17.5. The molecule has 1 amide bonds. The van der Waals surface area contributed by atoms with Crippen LogP contribution in [0.25, 0.3) is 0 Å². The molecule has 22 nitrogen and oxygen atoms in total. The van der Waals surface area contributed by atoms with E-state index in [-0.39, 0.29) is 19.8 Å². The van der Waals surface area contributed by atoms with Crippen molar-refractivity contribution in [1.29, 1.82) is 0 Å². The first kappa shape index (κ1) is 43.4. The van der Waals surface area contributed by atoms with Gasteiger partial charge >= 0.3 is 11.8 Å². The van der Waals surface area contributed by atoms with E-state index in [0.717, 1.165) is 4.57 Å². The number of rotatable bonds is 20. The minimum atomic E-state index is -5.76. The molecule has 1 aliphatic heterocycles. The van der Waals surface area contributed by atoms with Crippen LogP contribution < -0.4 is 21.0 Å². The van der Waals surface area contributed by atoms with Crippen molar-refractivity contribution in [3.05, 3.63) is 28.4 Å². The number of phosphoric acid groups is 1. The number of phosphoric ester groups is 1. The minimum absolute atomic E-state index is 0.0453. The van der Waals surface area contributed by atoms with Crippen molar-refractivity contribution in [3.8, 4) is 0 Å². The molecule has 7 unspecified atom stereocenters. The molecule has 1 aromatic rings. The third kappa shape index (κ3) is 11.5. The molecule has 1 aliphatic carbocycles. The first-order valence-electron chi connectivity index (χ1n) is 16.0. The van der Waals surface area contributed by atoms with E-state index in [0.29, 0.717) is 12.3 Å². The molecule has 296 valence electrons. The fourth-order valence-corrected chi connectivity index (χ4v) is 6.94. The van der Waals surface area contributed by atoms with E-state index in [1.54, 1.807) is 0 Å². The molecule has 1 saturated carbocycles. The zero-order valence-corrected chi connectivity index (χ0v) is 29.1. The highest BCUT2D eigenvalue weighted by atomic mass is 31.2. The molecule has 0 radical (unpaired) electrons. The number of hydrogen-bond acceptors (Lipinski definition) is 20. The topological polar surface area (TPSA) is 338 Å². The molecule has 52 heavy (non-hydrogen) atoms. The number of aryl methyl sites for hydroxylation is 1. The second-order valence-corrected chi connectivity index (χ2v) is 13.6. The maximum atomic E-state index is 13.0. The van der Waals surface area contributed by atoms with Gasteiger partial charge in [0.15, 0.2) is 12.0 Å². The van der Waals surface area contributed by atoms with Crippen LogP contribution in [0.2, 0.25) is 0 Å². The summed E-state index contributed by atoms with van der Waals surface area (Å²) in [7, 11) is -4.28. The van der Waals surface area contributed by atoms with Gasteiger partial charge in [0, 0.05) is 31.8 Å². The monoisotopic (exact) mass is 769 g/mol. The third-order valence-electron chi connectivity index (χ3n) is 8.59. The largest absolute Gasteiger partial charge is 0.756 e. The molecule has 1 aromatic heterocycles. The fourth-order valence-electron chi connectivity index (χ4n) is 5.91. The van der Waals surface area contributed by atoms with E-state index in [4.69, 9.17) is 28.0 Å². The van der Waals surface area contributed by atoms with Crippen molar-refractivity contribution in [3.63, 3.8) is 0 Å².